The van der Waals surface area contributed by atoms with Gasteiger partial charge >= 0.3 is 5.97 Å². The highest BCUT2D eigenvalue weighted by Gasteiger charge is 2.19. The fourth-order valence-electron chi connectivity index (χ4n) is 1.64. The molecule has 0 amide bonds. The Balaban J connectivity index is 2.97. The zero-order chi connectivity index (χ0) is 14.6. The smallest absolute Gasteiger partial charge is 0.323 e. The number of nitrogens with one attached hydrogen (secondary N) is 1. The molecule has 104 valence electrons. The highest BCUT2D eigenvalue weighted by Crippen LogP contribution is 2.23. The predicted molar refractivity (Wildman–Crippen MR) is 67.9 cm³/mol. The van der Waals surface area contributed by atoms with Gasteiger partial charge in [0, 0.05) is 18.2 Å². The number of nitro benzene ring substituents is 1. The quantitative estimate of drug-likeness (QED) is 0.518. The van der Waals surface area contributed by atoms with Gasteiger partial charge in [0.25, 0.3) is 5.69 Å². The number of hydrogen-bond acceptors (Lipinski definition) is 5. The number of aryl methyl sites for hydroxylation is 2. The van der Waals surface area contributed by atoms with E-state index in [0.29, 0.717) is 5.56 Å². The molecule has 0 unspecified atom stereocenters. The minimum Gasteiger partial charge on any atom is -0.480 e. The fourth-order valence-corrected chi connectivity index (χ4v) is 1.64. The van der Waals surface area contributed by atoms with Crippen molar-refractivity contribution < 1.29 is 19.9 Å². The van der Waals surface area contributed by atoms with Crippen LogP contribution in [0.4, 0.5) is 5.69 Å². The zero-order valence-corrected chi connectivity index (χ0v) is 10.7. The fraction of sp³-hybridized carbons (Fsp3) is 0.417. The molecule has 0 saturated heterocycles. The molecule has 0 saturated carbocycles. The molecule has 0 heterocycles. The van der Waals surface area contributed by atoms with Gasteiger partial charge in [-0.3, -0.25) is 20.2 Å². The lowest BCUT2D eigenvalue weighted by molar-refractivity contribution is -0.385. The molecule has 0 spiro atoms. The topological polar surface area (TPSA) is 113 Å². The first-order chi connectivity index (χ1) is 8.86. The lowest BCUT2D eigenvalue weighted by Crippen LogP contribution is -2.39. The van der Waals surface area contributed by atoms with E-state index in [9.17, 15) is 14.9 Å². The summed E-state index contributed by atoms with van der Waals surface area (Å²) in [5.41, 5.74) is 2.02. The van der Waals surface area contributed by atoms with E-state index in [1.165, 1.54) is 6.07 Å². The second kappa shape index (κ2) is 6.26. The summed E-state index contributed by atoms with van der Waals surface area (Å²) in [7, 11) is 0. The average molecular weight is 268 g/mol. The summed E-state index contributed by atoms with van der Waals surface area (Å²) in [4.78, 5) is 21.2. The molecule has 1 aromatic rings. The molecular weight excluding hydrogens is 252 g/mol. The minimum absolute atomic E-state index is 0.00889. The van der Waals surface area contributed by atoms with E-state index in [1.54, 1.807) is 13.0 Å². The maximum absolute atomic E-state index is 10.9. The maximum atomic E-state index is 10.9. The zero-order valence-electron chi connectivity index (χ0n) is 10.7. The lowest BCUT2D eigenvalue weighted by Gasteiger charge is -2.12. The molecular formula is C12H16N2O5. The van der Waals surface area contributed by atoms with E-state index in [1.807, 2.05) is 6.92 Å². The van der Waals surface area contributed by atoms with Gasteiger partial charge in [0.05, 0.1) is 11.5 Å². The number of aliphatic hydroxyl groups excluding tert-OH is 1. The Morgan fingerprint density at radius 2 is 2.00 bits per heavy atom. The molecule has 19 heavy (non-hydrogen) atoms. The third-order valence-electron chi connectivity index (χ3n) is 2.91. The Kier molecular flexibility index (Phi) is 4.96. The molecule has 1 rings (SSSR count). The van der Waals surface area contributed by atoms with Crippen LogP contribution in [0.5, 0.6) is 0 Å². The van der Waals surface area contributed by atoms with Crippen LogP contribution >= 0.6 is 0 Å². The van der Waals surface area contributed by atoms with Crippen molar-refractivity contribution in [1.82, 2.24) is 5.32 Å². The van der Waals surface area contributed by atoms with Crippen molar-refractivity contribution in [2.45, 2.75) is 26.4 Å². The highest BCUT2D eigenvalue weighted by molar-refractivity contribution is 5.73. The third kappa shape index (κ3) is 3.73. The summed E-state index contributed by atoms with van der Waals surface area (Å²) in [6.07, 6.45) is 0. The molecule has 0 radical (unpaired) electrons. The maximum Gasteiger partial charge on any atom is 0.323 e. The molecule has 3 N–H and O–H groups in total. The van der Waals surface area contributed by atoms with Gasteiger partial charge in [-0.15, -0.1) is 0 Å². The first-order valence-corrected chi connectivity index (χ1v) is 5.68. The third-order valence-corrected chi connectivity index (χ3v) is 2.91. The second-order valence-corrected chi connectivity index (χ2v) is 4.28. The van der Waals surface area contributed by atoms with Crippen LogP contribution in [0.25, 0.3) is 0 Å². The van der Waals surface area contributed by atoms with E-state index in [0.717, 1.165) is 11.1 Å². The summed E-state index contributed by atoms with van der Waals surface area (Å²) < 4.78 is 0. The largest absolute Gasteiger partial charge is 0.480 e. The van der Waals surface area contributed by atoms with Crippen LogP contribution in [0.2, 0.25) is 0 Å². The SMILES string of the molecule is Cc1cc(CN[C@@H](CO)C(=O)O)c([N+](=O)[O-])cc1C. The molecule has 0 aliphatic carbocycles. The van der Waals surface area contributed by atoms with Gasteiger partial charge in [-0.2, -0.15) is 0 Å². The lowest BCUT2D eigenvalue weighted by atomic mass is 10.0. The van der Waals surface area contributed by atoms with Crippen molar-refractivity contribution in [3.63, 3.8) is 0 Å². The number of nitrogens with zero attached hydrogens (tertiary/aromatic N) is 1. The Morgan fingerprint density at radius 1 is 1.42 bits per heavy atom. The van der Waals surface area contributed by atoms with E-state index >= 15 is 0 Å². The Labute approximate surface area is 110 Å². The number of hydrogen-bond donors (Lipinski definition) is 3. The van der Waals surface area contributed by atoms with Crippen molar-refractivity contribution in [3.05, 3.63) is 38.9 Å². The van der Waals surface area contributed by atoms with E-state index in [4.69, 9.17) is 10.2 Å². The highest BCUT2D eigenvalue weighted by atomic mass is 16.6. The number of carboxylic acid groups (broad SMARTS) is 1. The summed E-state index contributed by atoms with van der Waals surface area (Å²) in [5, 5.41) is 31.2. The standard InChI is InChI=1S/C12H16N2O5/c1-7-3-9(5-13-10(6-15)12(16)17)11(14(18)19)4-8(7)2/h3-4,10,13,15H,5-6H2,1-2H3,(H,16,17)/t10-/m0/s1. The monoisotopic (exact) mass is 268 g/mol. The van der Waals surface area contributed by atoms with Gasteiger partial charge in [-0.25, -0.2) is 0 Å². The normalized spacial score (nSPS) is 12.2. The number of nitro groups is 1. The van der Waals surface area contributed by atoms with Crippen LogP contribution in [0, 0.1) is 24.0 Å². The van der Waals surface area contributed by atoms with Crippen LogP contribution in [-0.2, 0) is 11.3 Å². The first kappa shape index (κ1) is 15.1. The predicted octanol–water partition coefficient (Wildman–Crippen LogP) is 0.747. The molecule has 1 atom stereocenters. The number of aliphatic hydroxyl groups is 1. The van der Waals surface area contributed by atoms with E-state index in [-0.39, 0.29) is 12.2 Å². The van der Waals surface area contributed by atoms with Gasteiger partial charge < -0.3 is 10.2 Å². The van der Waals surface area contributed by atoms with Crippen molar-refractivity contribution in [3.8, 4) is 0 Å². The molecule has 7 nitrogen and oxygen atoms in total. The molecule has 7 heteroatoms. The summed E-state index contributed by atoms with van der Waals surface area (Å²) in [5.74, 6) is -1.20. The van der Waals surface area contributed by atoms with Crippen molar-refractivity contribution in [2.24, 2.45) is 0 Å². The number of carboxylic acids is 1. The van der Waals surface area contributed by atoms with Crippen molar-refractivity contribution in [1.29, 1.82) is 0 Å². The molecule has 0 bridgehead atoms. The van der Waals surface area contributed by atoms with Gasteiger partial charge in [0.15, 0.2) is 0 Å². The first-order valence-electron chi connectivity index (χ1n) is 5.68. The van der Waals surface area contributed by atoms with Gasteiger partial charge in [-0.05, 0) is 31.0 Å². The summed E-state index contributed by atoms with van der Waals surface area (Å²) in [6, 6.07) is 1.97. The van der Waals surface area contributed by atoms with Gasteiger partial charge in [-0.1, -0.05) is 0 Å². The van der Waals surface area contributed by atoms with Gasteiger partial charge in [0.1, 0.15) is 6.04 Å². The number of aliphatic carboxylic acids is 1. The van der Waals surface area contributed by atoms with E-state index < -0.39 is 23.5 Å². The Morgan fingerprint density at radius 3 is 2.47 bits per heavy atom. The van der Waals surface area contributed by atoms with Crippen molar-refractivity contribution in [2.75, 3.05) is 6.61 Å². The van der Waals surface area contributed by atoms with Crippen LogP contribution < -0.4 is 5.32 Å². The van der Waals surface area contributed by atoms with Crippen LogP contribution in [0.3, 0.4) is 0 Å². The van der Waals surface area contributed by atoms with Crippen molar-refractivity contribution >= 4 is 11.7 Å². The number of rotatable bonds is 6. The number of carbonyl (C=O) groups is 1. The van der Waals surface area contributed by atoms with Crippen LogP contribution in [0.15, 0.2) is 12.1 Å². The Bertz CT molecular complexity index is 501. The van der Waals surface area contributed by atoms with Crippen LogP contribution in [-0.4, -0.2) is 33.8 Å². The summed E-state index contributed by atoms with van der Waals surface area (Å²) in [6.45, 7) is 3.03. The molecule has 0 aromatic heterocycles. The van der Waals surface area contributed by atoms with Gasteiger partial charge in [0.2, 0.25) is 0 Å². The summed E-state index contributed by atoms with van der Waals surface area (Å²) >= 11 is 0. The molecule has 0 fully saturated rings. The minimum atomic E-state index is -1.20. The number of benzene rings is 1. The Hall–Kier alpha value is -1.99. The second-order valence-electron chi connectivity index (χ2n) is 4.28. The molecule has 0 aliphatic heterocycles. The molecule has 0 aliphatic rings. The van der Waals surface area contributed by atoms with E-state index in [2.05, 4.69) is 5.32 Å². The average Bonchev–Trinajstić information content (AvgIpc) is 2.33. The van der Waals surface area contributed by atoms with Crippen LogP contribution in [0.1, 0.15) is 16.7 Å². The molecule has 1 aromatic carbocycles.